The van der Waals surface area contributed by atoms with Crippen molar-refractivity contribution in [3.8, 4) is 0 Å². The predicted molar refractivity (Wildman–Crippen MR) is 59.0 cm³/mol. The lowest BCUT2D eigenvalue weighted by atomic mass is 9.87. The third-order valence-electron chi connectivity index (χ3n) is 2.69. The molecule has 0 bridgehead atoms. The van der Waals surface area contributed by atoms with Crippen LogP contribution in [0.4, 0.5) is 0 Å². The Kier molecular flexibility index (Phi) is 2.38. The molecule has 2 rings (SSSR count). The molecule has 1 aliphatic rings. The second-order valence-electron chi connectivity index (χ2n) is 5.02. The summed E-state index contributed by atoms with van der Waals surface area (Å²) in [6, 6.07) is 0. The Bertz CT molecular complexity index is 428. The number of hydrogen-bond donors (Lipinski definition) is 2. The Labute approximate surface area is 89.1 Å². The lowest BCUT2D eigenvalue weighted by Gasteiger charge is -2.25. The van der Waals surface area contributed by atoms with Gasteiger partial charge in [0.25, 0.3) is 0 Å². The van der Waals surface area contributed by atoms with Gasteiger partial charge >= 0.3 is 5.69 Å². The quantitative estimate of drug-likeness (QED) is 0.659. The van der Waals surface area contributed by atoms with Crippen LogP contribution in [0, 0.1) is 0 Å². The van der Waals surface area contributed by atoms with Crippen molar-refractivity contribution in [1.29, 1.82) is 0 Å². The maximum Gasteiger partial charge on any atom is 0.345 e. The number of nitrogens with one attached hydrogen (secondary N) is 2. The largest absolute Gasteiger partial charge is 0.345 e. The number of aromatic nitrogens is 2. The molecule has 0 radical (unpaired) electrons. The van der Waals surface area contributed by atoms with E-state index < -0.39 is 0 Å². The Hall–Kier alpha value is -1.16. The molecule has 0 unspecified atom stereocenters. The second kappa shape index (κ2) is 3.45. The number of nitrogens with zero attached hydrogens (tertiary/aromatic N) is 1. The molecule has 15 heavy (non-hydrogen) atoms. The maximum absolute atomic E-state index is 11.4. The minimum absolute atomic E-state index is 0.0721. The van der Waals surface area contributed by atoms with Crippen LogP contribution in [0.3, 0.4) is 0 Å². The first kappa shape index (κ1) is 10.4. The minimum atomic E-state index is -0.222. The molecule has 0 aliphatic carbocycles. The molecular formula is C11H17N3O. The molecule has 0 amide bonds. The van der Waals surface area contributed by atoms with Gasteiger partial charge in [0.05, 0.1) is 5.69 Å². The molecule has 0 spiro atoms. The fourth-order valence-electron chi connectivity index (χ4n) is 2.00. The Morgan fingerprint density at radius 1 is 1.33 bits per heavy atom. The second-order valence-corrected chi connectivity index (χ2v) is 5.02. The van der Waals surface area contributed by atoms with Crippen molar-refractivity contribution >= 4 is 0 Å². The summed E-state index contributed by atoms with van der Waals surface area (Å²) in [4.78, 5) is 18.4. The van der Waals surface area contributed by atoms with Crippen LogP contribution in [0.25, 0.3) is 0 Å². The van der Waals surface area contributed by atoms with Gasteiger partial charge in [-0.05, 0) is 0 Å². The first-order chi connectivity index (χ1) is 6.98. The zero-order valence-corrected chi connectivity index (χ0v) is 9.48. The summed E-state index contributed by atoms with van der Waals surface area (Å²) in [7, 11) is 0. The molecule has 0 saturated heterocycles. The predicted octanol–water partition coefficient (Wildman–Crippen LogP) is 0.713. The van der Waals surface area contributed by atoms with E-state index in [1.165, 1.54) is 5.56 Å². The van der Waals surface area contributed by atoms with E-state index in [9.17, 15) is 4.79 Å². The van der Waals surface area contributed by atoms with Crippen LogP contribution < -0.4 is 11.0 Å². The van der Waals surface area contributed by atoms with Crippen LogP contribution >= 0.6 is 0 Å². The highest BCUT2D eigenvalue weighted by atomic mass is 16.1. The van der Waals surface area contributed by atoms with Crippen molar-refractivity contribution in [3.05, 3.63) is 27.4 Å². The van der Waals surface area contributed by atoms with Crippen LogP contribution in [0.5, 0.6) is 0 Å². The van der Waals surface area contributed by atoms with E-state index in [1.54, 1.807) is 0 Å². The Morgan fingerprint density at radius 2 is 2.07 bits per heavy atom. The van der Waals surface area contributed by atoms with Crippen molar-refractivity contribution in [1.82, 2.24) is 15.3 Å². The lowest BCUT2D eigenvalue weighted by molar-refractivity contribution is 0.528. The first-order valence-corrected chi connectivity index (χ1v) is 5.32. The van der Waals surface area contributed by atoms with Gasteiger partial charge in [0, 0.05) is 36.2 Å². The van der Waals surface area contributed by atoms with E-state index in [1.807, 2.05) is 0 Å². The monoisotopic (exact) mass is 207 g/mol. The van der Waals surface area contributed by atoms with E-state index in [2.05, 4.69) is 36.1 Å². The van der Waals surface area contributed by atoms with Crippen molar-refractivity contribution in [2.24, 2.45) is 0 Å². The standard InChI is InChI=1S/C11H17N3O/c1-11(2,3)9-7-6-12-5-4-8(7)13-10(15)14-9/h12H,4-6H2,1-3H3,(H,13,14,15). The minimum Gasteiger partial charge on any atom is -0.312 e. The molecule has 1 aromatic rings. The smallest absolute Gasteiger partial charge is 0.312 e. The van der Waals surface area contributed by atoms with Gasteiger partial charge in [-0.2, -0.15) is 4.98 Å². The topological polar surface area (TPSA) is 57.8 Å². The highest BCUT2D eigenvalue weighted by molar-refractivity contribution is 5.31. The molecule has 0 fully saturated rings. The maximum atomic E-state index is 11.4. The number of hydrogen-bond acceptors (Lipinski definition) is 3. The fraction of sp³-hybridized carbons (Fsp3) is 0.636. The highest BCUT2D eigenvalue weighted by Crippen LogP contribution is 2.25. The fourth-order valence-corrected chi connectivity index (χ4v) is 2.00. The van der Waals surface area contributed by atoms with Crippen molar-refractivity contribution in [2.45, 2.75) is 39.2 Å². The molecule has 0 saturated carbocycles. The van der Waals surface area contributed by atoms with Crippen molar-refractivity contribution in [2.75, 3.05) is 6.54 Å². The Balaban J connectivity index is 2.63. The van der Waals surface area contributed by atoms with E-state index in [0.717, 1.165) is 30.9 Å². The average molecular weight is 207 g/mol. The SMILES string of the molecule is CC(C)(C)c1nc(=O)[nH]c2c1CNCC2. The van der Waals surface area contributed by atoms with Crippen LogP contribution in [0.1, 0.15) is 37.7 Å². The van der Waals surface area contributed by atoms with Crippen LogP contribution in [0.15, 0.2) is 4.79 Å². The molecule has 1 aromatic heterocycles. The summed E-state index contributed by atoms with van der Waals surface area (Å²) in [5, 5.41) is 3.31. The summed E-state index contributed by atoms with van der Waals surface area (Å²) in [6.07, 6.45) is 0.885. The molecule has 2 heterocycles. The highest BCUT2D eigenvalue weighted by Gasteiger charge is 2.24. The molecule has 2 N–H and O–H groups in total. The van der Waals surface area contributed by atoms with Crippen molar-refractivity contribution < 1.29 is 0 Å². The van der Waals surface area contributed by atoms with Gasteiger partial charge in [0.2, 0.25) is 0 Å². The van der Waals surface area contributed by atoms with E-state index in [-0.39, 0.29) is 11.1 Å². The molecule has 4 nitrogen and oxygen atoms in total. The summed E-state index contributed by atoms with van der Waals surface area (Å²) in [5.74, 6) is 0. The third-order valence-corrected chi connectivity index (χ3v) is 2.69. The third kappa shape index (κ3) is 1.95. The van der Waals surface area contributed by atoms with Gasteiger partial charge in [0.15, 0.2) is 0 Å². The summed E-state index contributed by atoms with van der Waals surface area (Å²) < 4.78 is 0. The van der Waals surface area contributed by atoms with Crippen LogP contribution in [-0.4, -0.2) is 16.5 Å². The first-order valence-electron chi connectivity index (χ1n) is 5.32. The zero-order valence-electron chi connectivity index (χ0n) is 9.48. The van der Waals surface area contributed by atoms with Gasteiger partial charge in [-0.3, -0.25) is 0 Å². The van der Waals surface area contributed by atoms with E-state index in [4.69, 9.17) is 0 Å². The normalized spacial score (nSPS) is 16.2. The van der Waals surface area contributed by atoms with E-state index >= 15 is 0 Å². The number of fused-ring (bicyclic) bond motifs is 1. The lowest BCUT2D eigenvalue weighted by Crippen LogP contribution is -2.33. The Morgan fingerprint density at radius 3 is 2.73 bits per heavy atom. The van der Waals surface area contributed by atoms with Gasteiger partial charge in [-0.15, -0.1) is 0 Å². The average Bonchev–Trinajstić information content (AvgIpc) is 2.15. The summed E-state index contributed by atoms with van der Waals surface area (Å²) in [5.41, 5.74) is 2.86. The number of rotatable bonds is 0. The van der Waals surface area contributed by atoms with Crippen molar-refractivity contribution in [3.63, 3.8) is 0 Å². The number of aromatic amines is 1. The van der Waals surface area contributed by atoms with Gasteiger partial charge in [0.1, 0.15) is 0 Å². The van der Waals surface area contributed by atoms with Gasteiger partial charge in [-0.25, -0.2) is 4.79 Å². The molecule has 4 heteroatoms. The molecule has 0 aromatic carbocycles. The number of H-pyrrole nitrogens is 1. The van der Waals surface area contributed by atoms with Gasteiger partial charge < -0.3 is 10.3 Å². The van der Waals surface area contributed by atoms with E-state index in [0.29, 0.717) is 0 Å². The molecule has 82 valence electrons. The molecular weight excluding hydrogens is 190 g/mol. The molecule has 0 atom stereocenters. The zero-order chi connectivity index (χ0) is 11.1. The van der Waals surface area contributed by atoms with Crippen LogP contribution in [0.2, 0.25) is 0 Å². The molecule has 1 aliphatic heterocycles. The summed E-state index contributed by atoms with van der Waals surface area (Å²) in [6.45, 7) is 8.00. The van der Waals surface area contributed by atoms with Gasteiger partial charge in [-0.1, -0.05) is 20.8 Å². The van der Waals surface area contributed by atoms with Crippen LogP contribution in [-0.2, 0) is 18.4 Å². The summed E-state index contributed by atoms with van der Waals surface area (Å²) >= 11 is 0.